The van der Waals surface area contributed by atoms with E-state index in [1.54, 1.807) is 12.1 Å². The highest BCUT2D eigenvalue weighted by molar-refractivity contribution is 5.76. The minimum Gasteiger partial charge on any atom is -0.619 e. The number of furan rings is 1. The summed E-state index contributed by atoms with van der Waals surface area (Å²) in [7, 11) is 0. The molecule has 0 aliphatic rings. The van der Waals surface area contributed by atoms with Gasteiger partial charge < -0.3 is 9.62 Å². The van der Waals surface area contributed by atoms with Gasteiger partial charge in [0.05, 0.1) is 0 Å². The fourth-order valence-electron chi connectivity index (χ4n) is 1.02. The van der Waals surface area contributed by atoms with E-state index in [1.165, 1.54) is 12.4 Å². The van der Waals surface area contributed by atoms with Crippen LogP contribution in [0.2, 0.25) is 0 Å². The molecule has 0 N–H and O–H groups in total. The quantitative estimate of drug-likeness (QED) is 0.425. The number of pyridine rings is 1. The smallest absolute Gasteiger partial charge is 0.223 e. The topological polar surface area (TPSA) is 63.9 Å². The first-order chi connectivity index (χ1) is 5.79. The van der Waals surface area contributed by atoms with E-state index in [0.29, 0.717) is 10.3 Å². The maximum Gasteiger partial charge on any atom is 0.223 e. The normalized spacial score (nSPS) is 9.92. The van der Waals surface area contributed by atoms with Gasteiger partial charge in [-0.05, 0) is 0 Å². The number of rotatable bonds is 0. The second-order valence-corrected chi connectivity index (χ2v) is 2.35. The third-order valence-electron chi connectivity index (χ3n) is 1.55. The van der Waals surface area contributed by atoms with Crippen LogP contribution in [0.1, 0.15) is 5.76 Å². The summed E-state index contributed by atoms with van der Waals surface area (Å²) in [6.45, 7) is 0. The number of aromatic nitrogens is 1. The van der Waals surface area contributed by atoms with Gasteiger partial charge in [-0.1, -0.05) is 0 Å². The average Bonchev–Trinajstić information content (AvgIpc) is 2.46. The first-order valence-corrected chi connectivity index (χ1v) is 3.32. The predicted molar refractivity (Wildman–Crippen MR) is 39.9 cm³/mol. The molecule has 0 aliphatic heterocycles. The zero-order chi connectivity index (χ0) is 8.55. The standard InChI is InChI=1S/C8H4N2O2/c9-4-7-3-6-1-2-10(11)5-8(6)12-7/h1-3,5H. The van der Waals surface area contributed by atoms with Crippen LogP contribution in [-0.2, 0) is 0 Å². The van der Waals surface area contributed by atoms with Gasteiger partial charge in [-0.25, -0.2) is 0 Å². The summed E-state index contributed by atoms with van der Waals surface area (Å²) in [5.41, 5.74) is 0.434. The van der Waals surface area contributed by atoms with Crippen LogP contribution in [0.25, 0.3) is 11.0 Å². The van der Waals surface area contributed by atoms with E-state index in [-0.39, 0.29) is 5.76 Å². The lowest BCUT2D eigenvalue weighted by Gasteiger charge is -1.91. The van der Waals surface area contributed by atoms with Crippen molar-refractivity contribution in [2.24, 2.45) is 0 Å². The molecule has 0 saturated carbocycles. The summed E-state index contributed by atoms with van der Waals surface area (Å²) in [6.07, 6.45) is 2.65. The zero-order valence-corrected chi connectivity index (χ0v) is 6.02. The van der Waals surface area contributed by atoms with Crippen molar-refractivity contribution in [3.05, 3.63) is 35.5 Å². The highest BCUT2D eigenvalue weighted by atomic mass is 16.5. The number of hydrogen-bond donors (Lipinski definition) is 0. The third kappa shape index (κ3) is 0.883. The van der Waals surface area contributed by atoms with Crippen molar-refractivity contribution in [1.29, 1.82) is 5.26 Å². The van der Waals surface area contributed by atoms with E-state index >= 15 is 0 Å². The minimum atomic E-state index is 0.219. The van der Waals surface area contributed by atoms with Crippen LogP contribution >= 0.6 is 0 Å². The zero-order valence-electron chi connectivity index (χ0n) is 6.02. The van der Waals surface area contributed by atoms with E-state index in [4.69, 9.17) is 9.68 Å². The number of nitriles is 1. The maximum atomic E-state index is 10.8. The van der Waals surface area contributed by atoms with E-state index in [2.05, 4.69) is 0 Å². The molecule has 2 aromatic rings. The lowest BCUT2D eigenvalue weighted by molar-refractivity contribution is -0.604. The molecule has 4 nitrogen and oxygen atoms in total. The maximum absolute atomic E-state index is 10.8. The number of fused-ring (bicyclic) bond motifs is 1. The van der Waals surface area contributed by atoms with Crippen molar-refractivity contribution in [1.82, 2.24) is 0 Å². The van der Waals surface area contributed by atoms with Crippen molar-refractivity contribution in [3.8, 4) is 6.07 Å². The van der Waals surface area contributed by atoms with Crippen LogP contribution in [0, 0.1) is 16.5 Å². The molecule has 0 unspecified atom stereocenters. The SMILES string of the molecule is N#Cc1cc2cc[n+]([O-])cc2o1. The molecule has 0 saturated heterocycles. The van der Waals surface area contributed by atoms with Gasteiger partial charge in [-0.2, -0.15) is 9.99 Å². The lowest BCUT2D eigenvalue weighted by Crippen LogP contribution is -2.23. The Morgan fingerprint density at radius 1 is 1.58 bits per heavy atom. The fourth-order valence-corrected chi connectivity index (χ4v) is 1.02. The summed E-state index contributed by atoms with van der Waals surface area (Å²) in [6, 6.07) is 5.05. The van der Waals surface area contributed by atoms with Gasteiger partial charge in [0, 0.05) is 17.5 Å². The lowest BCUT2D eigenvalue weighted by atomic mass is 10.3. The van der Waals surface area contributed by atoms with Gasteiger partial charge in [0.1, 0.15) is 6.07 Å². The molecule has 0 radical (unpaired) electrons. The summed E-state index contributed by atoms with van der Waals surface area (Å²) >= 11 is 0. The molecule has 12 heavy (non-hydrogen) atoms. The molecule has 0 spiro atoms. The van der Waals surface area contributed by atoms with Crippen LogP contribution in [-0.4, -0.2) is 0 Å². The van der Waals surface area contributed by atoms with Crippen LogP contribution in [0.3, 0.4) is 0 Å². The molecule has 0 amide bonds. The number of hydrogen-bond acceptors (Lipinski definition) is 3. The Balaban J connectivity index is 2.77. The van der Waals surface area contributed by atoms with Crippen LogP contribution in [0.15, 0.2) is 28.9 Å². The van der Waals surface area contributed by atoms with E-state index in [1.807, 2.05) is 6.07 Å². The Hall–Kier alpha value is -2.02. The molecule has 0 bridgehead atoms. The molecule has 0 atom stereocenters. The Morgan fingerprint density at radius 3 is 3.17 bits per heavy atom. The molecule has 2 rings (SSSR count). The Bertz CT molecular complexity index is 467. The number of nitrogens with zero attached hydrogens (tertiary/aromatic N) is 2. The third-order valence-corrected chi connectivity index (χ3v) is 1.55. The van der Waals surface area contributed by atoms with Crippen molar-refractivity contribution in [3.63, 3.8) is 0 Å². The predicted octanol–water partition coefficient (Wildman–Crippen LogP) is 0.938. The molecule has 0 aromatic carbocycles. The Morgan fingerprint density at radius 2 is 2.42 bits per heavy atom. The summed E-state index contributed by atoms with van der Waals surface area (Å²) in [4.78, 5) is 0. The molecule has 2 heterocycles. The summed E-state index contributed by atoms with van der Waals surface area (Å²) in [5.74, 6) is 0.219. The van der Waals surface area contributed by atoms with Gasteiger partial charge >= 0.3 is 0 Å². The van der Waals surface area contributed by atoms with E-state index in [9.17, 15) is 5.21 Å². The molecule has 2 aromatic heterocycles. The molecule has 0 fully saturated rings. The van der Waals surface area contributed by atoms with Crippen LogP contribution in [0.4, 0.5) is 0 Å². The second-order valence-electron chi connectivity index (χ2n) is 2.35. The highest BCUT2D eigenvalue weighted by Crippen LogP contribution is 2.15. The molecular weight excluding hydrogens is 156 g/mol. The highest BCUT2D eigenvalue weighted by Gasteiger charge is 2.04. The first-order valence-electron chi connectivity index (χ1n) is 3.32. The average molecular weight is 160 g/mol. The van der Waals surface area contributed by atoms with Crippen LogP contribution in [0.5, 0.6) is 0 Å². The van der Waals surface area contributed by atoms with Crippen molar-refractivity contribution >= 4 is 11.0 Å². The van der Waals surface area contributed by atoms with Gasteiger partial charge in [0.25, 0.3) is 0 Å². The Kier molecular flexibility index (Phi) is 1.25. The summed E-state index contributed by atoms with van der Waals surface area (Å²) < 4.78 is 5.65. The second kappa shape index (κ2) is 2.24. The van der Waals surface area contributed by atoms with Gasteiger partial charge in [0.15, 0.2) is 6.20 Å². The first kappa shape index (κ1) is 6.68. The van der Waals surface area contributed by atoms with Gasteiger partial charge in [0.2, 0.25) is 17.5 Å². The minimum absolute atomic E-state index is 0.219. The van der Waals surface area contributed by atoms with Gasteiger partial charge in [-0.3, -0.25) is 0 Å². The van der Waals surface area contributed by atoms with Gasteiger partial charge in [-0.15, -0.1) is 0 Å². The van der Waals surface area contributed by atoms with Crippen LogP contribution < -0.4 is 4.73 Å². The fraction of sp³-hybridized carbons (Fsp3) is 0. The molecule has 0 aliphatic carbocycles. The van der Waals surface area contributed by atoms with E-state index < -0.39 is 0 Å². The van der Waals surface area contributed by atoms with Crippen molar-refractivity contribution in [2.75, 3.05) is 0 Å². The monoisotopic (exact) mass is 160 g/mol. The molecule has 4 heteroatoms. The largest absolute Gasteiger partial charge is 0.619 e. The van der Waals surface area contributed by atoms with Crippen molar-refractivity contribution in [2.45, 2.75) is 0 Å². The van der Waals surface area contributed by atoms with Crippen molar-refractivity contribution < 1.29 is 9.15 Å². The molecular formula is C8H4N2O2. The summed E-state index contributed by atoms with van der Waals surface area (Å²) in [5, 5.41) is 20.0. The van der Waals surface area contributed by atoms with E-state index in [0.717, 1.165) is 5.39 Å². The Labute approximate surface area is 67.8 Å². The molecule has 58 valence electrons.